The number of nitrogens with zero attached hydrogens (tertiary/aromatic N) is 10. The van der Waals surface area contributed by atoms with Crippen LogP contribution in [0.1, 0.15) is 141 Å². The van der Waals surface area contributed by atoms with Crippen molar-refractivity contribution in [1.82, 2.24) is 76.8 Å². The number of likely N-dealkylation sites (N-methyl/N-ethyl adjacent to an activating group) is 1. The number of thioether (sulfide) groups is 1. The summed E-state index contributed by atoms with van der Waals surface area (Å²) in [6.45, 7) is 12.0. The molecule has 6 heterocycles. The molecule has 0 spiro atoms. The van der Waals surface area contributed by atoms with Crippen molar-refractivity contribution >= 4 is 70.6 Å². The number of aryl methyl sites for hydroxylation is 1. The molecule has 2 aromatic carbocycles. The first kappa shape index (κ1) is 69.5. The van der Waals surface area contributed by atoms with Crippen LogP contribution in [0, 0.1) is 36.5 Å². The van der Waals surface area contributed by atoms with Gasteiger partial charge in [0.1, 0.15) is 36.9 Å². The zero-order valence-electron chi connectivity index (χ0n) is 53.3. The zero-order chi connectivity index (χ0) is 64.8. The van der Waals surface area contributed by atoms with Crippen molar-refractivity contribution in [2.24, 2.45) is 5.92 Å². The predicted molar refractivity (Wildman–Crippen MR) is 344 cm³/mol. The van der Waals surface area contributed by atoms with Crippen LogP contribution in [0.5, 0.6) is 0 Å². The maximum atomic E-state index is 14.5. The summed E-state index contributed by atoms with van der Waals surface area (Å²) in [5.41, 5.74) is 1.49. The van der Waals surface area contributed by atoms with E-state index < -0.39 is 36.3 Å². The minimum Gasteiger partial charge on any atom is -0.363 e. The van der Waals surface area contributed by atoms with Gasteiger partial charge < -0.3 is 51.2 Å². The number of nitrogens with one attached hydrogen (secondary N) is 6. The maximum Gasteiger partial charge on any atom is 0.315 e. The van der Waals surface area contributed by atoms with Gasteiger partial charge in [-0.25, -0.2) is 14.2 Å². The van der Waals surface area contributed by atoms with Crippen molar-refractivity contribution in [1.29, 1.82) is 0 Å². The van der Waals surface area contributed by atoms with Gasteiger partial charge in [0, 0.05) is 71.0 Å². The number of carbonyl (C=O) groups is 7. The monoisotopic (exact) mass is 1290 g/mol. The molecule has 6 N–H and O–H groups in total. The van der Waals surface area contributed by atoms with Crippen molar-refractivity contribution in [2.75, 3.05) is 44.4 Å². The normalized spacial score (nSPS) is 20.0. The van der Waals surface area contributed by atoms with Crippen LogP contribution in [0.3, 0.4) is 0 Å². The summed E-state index contributed by atoms with van der Waals surface area (Å²) < 4.78 is 15.8. The molecule has 7 amide bonds. The van der Waals surface area contributed by atoms with E-state index in [4.69, 9.17) is 9.47 Å². The van der Waals surface area contributed by atoms with Crippen molar-refractivity contribution in [2.45, 2.75) is 214 Å². The van der Waals surface area contributed by atoms with E-state index in [9.17, 15) is 33.6 Å². The number of benzene rings is 2. The van der Waals surface area contributed by atoms with Gasteiger partial charge in [0.15, 0.2) is 0 Å². The highest BCUT2D eigenvalue weighted by molar-refractivity contribution is 8.00. The Bertz CT molecular complexity index is 3250. The molecule has 4 aliphatic heterocycles. The number of unbranched alkanes of at least 4 members (excludes halogenated alkanes) is 4. The number of urea groups is 1. The number of tetrazole rings is 2. The quantitative estimate of drug-likeness (QED) is 0.0217. The summed E-state index contributed by atoms with van der Waals surface area (Å²) in [7, 11) is 1.67. The Morgan fingerprint density at radius 1 is 0.725 bits per heavy atom. The van der Waals surface area contributed by atoms with Crippen LogP contribution in [-0.4, -0.2) is 190 Å². The SMILES string of the molecule is CN[C@@H](C)C(=O)N[C@H](C(=O)N1CCC[C@H]1Cn1nnnc1C)C(C)OCC#Cc1cc(C#CCOC(C)[C@H](NC(=O)C(C)C)C(=O)N2CCC[C@H]2Cn2nnnc2Sc2ccccc2)cc(NC(=O)CCCCCCC(=O)CCCCC2SC[C@@H]3NC(=O)N[C@H]23)c1. The number of anilines is 1. The van der Waals surface area contributed by atoms with Crippen LogP contribution in [-0.2, 0) is 51.3 Å². The summed E-state index contributed by atoms with van der Waals surface area (Å²) in [5, 5.41) is 43.0. The fourth-order valence-electron chi connectivity index (χ4n) is 11.6. The van der Waals surface area contributed by atoms with Crippen LogP contribution < -0.4 is 31.9 Å². The number of amides is 7. The molecule has 8 rings (SSSR count). The molecule has 490 valence electrons. The van der Waals surface area contributed by atoms with Crippen molar-refractivity contribution in [3.63, 3.8) is 0 Å². The molecule has 27 heteroatoms. The highest BCUT2D eigenvalue weighted by atomic mass is 32.2. The molecule has 4 fully saturated rings. The molecule has 25 nitrogen and oxygen atoms in total. The minimum absolute atomic E-state index is 0.0884. The smallest absolute Gasteiger partial charge is 0.315 e. The van der Waals surface area contributed by atoms with Gasteiger partial charge in [0.25, 0.3) is 0 Å². The Kier molecular flexibility index (Phi) is 26.6. The van der Waals surface area contributed by atoms with Gasteiger partial charge in [-0.1, -0.05) is 75.0 Å². The van der Waals surface area contributed by atoms with E-state index in [1.54, 1.807) is 86.0 Å². The molecule has 2 aromatic heterocycles. The number of fused-ring (bicyclic) bond motifs is 1. The highest BCUT2D eigenvalue weighted by Gasteiger charge is 2.43. The third kappa shape index (κ3) is 20.5. The van der Waals surface area contributed by atoms with Gasteiger partial charge in [0.2, 0.25) is 34.7 Å². The van der Waals surface area contributed by atoms with E-state index >= 15 is 0 Å². The summed E-state index contributed by atoms with van der Waals surface area (Å²) in [6, 6.07) is 12.3. The molecular formula is C64H88N16O9S2. The van der Waals surface area contributed by atoms with E-state index in [2.05, 4.69) is 86.6 Å². The second-order valence-electron chi connectivity index (χ2n) is 24.1. The number of hydrogen-bond acceptors (Lipinski definition) is 18. The summed E-state index contributed by atoms with van der Waals surface area (Å²) >= 11 is 3.32. The topological polar surface area (TPSA) is 304 Å². The first-order chi connectivity index (χ1) is 43.9. The number of likely N-dealkylation sites (tertiary alicyclic amines) is 2. The molecule has 10 atom stereocenters. The van der Waals surface area contributed by atoms with Gasteiger partial charge in [-0.2, -0.15) is 11.8 Å². The second-order valence-corrected chi connectivity index (χ2v) is 26.4. The first-order valence-corrected chi connectivity index (χ1v) is 33.8. The van der Waals surface area contributed by atoms with Gasteiger partial charge in [-0.05, 0) is 149 Å². The van der Waals surface area contributed by atoms with Crippen LogP contribution in [0.15, 0.2) is 58.6 Å². The lowest BCUT2D eigenvalue weighted by atomic mass is 10.0. The molecule has 0 bridgehead atoms. The lowest BCUT2D eigenvalue weighted by Crippen LogP contribution is -2.58. The molecular weight excluding hydrogens is 1200 g/mol. The number of hydrogen-bond donors (Lipinski definition) is 6. The Labute approximate surface area is 541 Å². The van der Waals surface area contributed by atoms with E-state index in [0.29, 0.717) is 78.5 Å². The Balaban J connectivity index is 0.896. The largest absolute Gasteiger partial charge is 0.363 e. The lowest BCUT2D eigenvalue weighted by Gasteiger charge is -2.32. The van der Waals surface area contributed by atoms with E-state index in [1.807, 2.05) is 42.1 Å². The molecule has 4 aromatic rings. The zero-order valence-corrected chi connectivity index (χ0v) is 54.9. The number of ketones is 1. The highest BCUT2D eigenvalue weighted by Crippen LogP contribution is 2.34. The van der Waals surface area contributed by atoms with Gasteiger partial charge in [0.05, 0.1) is 55.5 Å². The average Bonchev–Trinajstić information content (AvgIpc) is 2.43. The molecule has 4 aliphatic rings. The van der Waals surface area contributed by atoms with Crippen molar-refractivity contribution in [3.8, 4) is 23.7 Å². The van der Waals surface area contributed by atoms with Crippen LogP contribution in [0.4, 0.5) is 10.5 Å². The van der Waals surface area contributed by atoms with Crippen molar-refractivity contribution < 1.29 is 43.0 Å². The molecule has 4 saturated heterocycles. The third-order valence-corrected chi connectivity index (χ3v) is 19.4. The Hall–Kier alpha value is -7.43. The maximum absolute atomic E-state index is 14.5. The van der Waals surface area contributed by atoms with Gasteiger partial charge >= 0.3 is 6.03 Å². The fourth-order valence-corrected chi connectivity index (χ4v) is 13.9. The number of carbonyl (C=O) groups excluding carboxylic acids is 7. The molecule has 91 heavy (non-hydrogen) atoms. The summed E-state index contributed by atoms with van der Waals surface area (Å²) in [4.78, 5) is 97.9. The minimum atomic E-state index is -1.03. The van der Waals surface area contributed by atoms with E-state index in [0.717, 1.165) is 74.9 Å². The number of rotatable bonds is 32. The first-order valence-electron chi connectivity index (χ1n) is 31.9. The second kappa shape index (κ2) is 34.8. The summed E-state index contributed by atoms with van der Waals surface area (Å²) in [6.07, 6.45) is 8.53. The average molecular weight is 1290 g/mol. The molecule has 3 unspecified atom stereocenters. The molecule has 0 saturated carbocycles. The van der Waals surface area contributed by atoms with Gasteiger partial charge in [-0.3, -0.25) is 28.8 Å². The standard InChI is InChI=1S/C64H88N16O9S2/c1-41(2)59(83)68-56(61(85)78-32-18-24-50(78)39-80-64(72-74-76-80)91-52-27-12-10-13-28-52)43(4)88-33-19-21-46-35-47(22-20-34-89-44(5)57(69-60(84)42(3)65-7)62(86)77-31-17-23-49(77)38-79-45(6)71-73-75-79)37-48(36-46)66-55(82)30-14-9-8-11-25-51(81)26-15-16-29-54-58-53(40-90-54)67-63(87)70-58/h10,12-13,27-28,35-37,41-44,49-50,53-54,56-58,65H,8-9,11,14-18,23-26,29-34,38-40H2,1-7H3,(H,66,82)(H,68,83)(H,69,84)(H2,67,70,87)/t42-,43?,44?,49-,50-,53-,54?,56-,57-,58-/m0/s1. The Morgan fingerprint density at radius 3 is 1.91 bits per heavy atom. The van der Waals surface area contributed by atoms with E-state index in [1.165, 1.54) is 11.8 Å². The van der Waals surface area contributed by atoms with E-state index in [-0.39, 0.29) is 85.2 Å². The Morgan fingerprint density at radius 2 is 1.31 bits per heavy atom. The number of aromatic nitrogens is 8. The molecule has 0 aliphatic carbocycles. The van der Waals surface area contributed by atoms with Crippen LogP contribution >= 0.6 is 23.5 Å². The van der Waals surface area contributed by atoms with Crippen LogP contribution in [0.2, 0.25) is 0 Å². The van der Waals surface area contributed by atoms with Crippen molar-refractivity contribution in [3.05, 3.63) is 65.5 Å². The number of ether oxygens (including phenoxy) is 2. The van der Waals surface area contributed by atoms with Gasteiger partial charge in [-0.15, -0.1) is 10.2 Å². The fraction of sp³-hybridized carbons (Fsp3) is 0.609. The summed E-state index contributed by atoms with van der Waals surface area (Å²) in [5.74, 6) is 12.4. The lowest BCUT2D eigenvalue weighted by molar-refractivity contribution is -0.142. The van der Waals surface area contributed by atoms with Crippen LogP contribution in [0.25, 0.3) is 0 Å². The number of Topliss-reactive ketones (excluding diaryl/α,β-unsaturated/α-hetero) is 1. The predicted octanol–water partition coefficient (Wildman–Crippen LogP) is 4.82. The molecule has 0 radical (unpaired) electrons. The third-order valence-electron chi connectivity index (χ3n) is 16.9.